The molecule has 1 aliphatic heterocycles. The van der Waals surface area contributed by atoms with Gasteiger partial charge >= 0.3 is 0 Å². The number of rotatable bonds is 6. The van der Waals surface area contributed by atoms with E-state index in [1.807, 2.05) is 0 Å². The first kappa shape index (κ1) is 20.3. The second-order valence-electron chi connectivity index (χ2n) is 7.24. The zero-order chi connectivity index (χ0) is 19.4. The van der Waals surface area contributed by atoms with E-state index in [4.69, 9.17) is 23.2 Å². The molecule has 3 rings (SSSR count). The number of halogens is 2. The molecule has 1 aliphatic rings. The van der Waals surface area contributed by atoms with Crippen LogP contribution in [0.25, 0.3) is 11.3 Å². The van der Waals surface area contributed by atoms with Crippen LogP contribution in [0.3, 0.4) is 0 Å². The molecule has 0 aliphatic carbocycles. The van der Waals surface area contributed by atoms with Gasteiger partial charge < -0.3 is 10.0 Å². The van der Waals surface area contributed by atoms with Gasteiger partial charge in [-0.1, -0.05) is 49.9 Å². The van der Waals surface area contributed by atoms with Crippen molar-refractivity contribution in [2.75, 3.05) is 18.0 Å². The third kappa shape index (κ3) is 4.20. The van der Waals surface area contributed by atoms with Crippen LogP contribution in [0.2, 0.25) is 10.2 Å². The molecule has 0 radical (unpaired) electrons. The summed E-state index contributed by atoms with van der Waals surface area (Å²) in [6, 6.07) is 1.75. The van der Waals surface area contributed by atoms with Gasteiger partial charge in [-0.3, -0.25) is 0 Å². The van der Waals surface area contributed by atoms with Crippen molar-refractivity contribution in [3.63, 3.8) is 0 Å². The number of nitrogens with zero attached hydrogens (tertiary/aromatic N) is 4. The minimum absolute atomic E-state index is 0.170. The topological polar surface area (TPSA) is 62.1 Å². The highest BCUT2D eigenvalue weighted by molar-refractivity contribution is 6.42. The van der Waals surface area contributed by atoms with Gasteiger partial charge in [-0.2, -0.15) is 0 Å². The summed E-state index contributed by atoms with van der Waals surface area (Å²) in [4.78, 5) is 15.4. The fourth-order valence-corrected chi connectivity index (χ4v) is 4.41. The van der Waals surface area contributed by atoms with Crippen LogP contribution in [-0.4, -0.2) is 33.1 Å². The van der Waals surface area contributed by atoms with Crippen molar-refractivity contribution in [2.45, 2.75) is 52.6 Å². The molecule has 0 saturated carbocycles. The van der Waals surface area contributed by atoms with Crippen molar-refractivity contribution in [3.05, 3.63) is 34.3 Å². The van der Waals surface area contributed by atoms with Crippen LogP contribution in [-0.2, 0) is 6.61 Å². The normalized spacial score (nSPS) is 16.6. The Bertz CT molecular complexity index is 792. The number of hydrogen-bond acceptors (Lipinski definition) is 5. The van der Waals surface area contributed by atoms with Gasteiger partial charge in [0, 0.05) is 24.8 Å². The predicted molar refractivity (Wildman–Crippen MR) is 110 cm³/mol. The van der Waals surface area contributed by atoms with Crippen LogP contribution < -0.4 is 4.90 Å². The molecule has 0 unspecified atom stereocenters. The molecule has 146 valence electrons. The van der Waals surface area contributed by atoms with Crippen molar-refractivity contribution >= 4 is 29.0 Å². The summed E-state index contributed by atoms with van der Waals surface area (Å²) >= 11 is 12.3. The van der Waals surface area contributed by atoms with Crippen LogP contribution in [0, 0.1) is 5.41 Å². The molecule has 5 nitrogen and oxygen atoms in total. The van der Waals surface area contributed by atoms with Gasteiger partial charge in [-0.15, -0.1) is 0 Å². The van der Waals surface area contributed by atoms with E-state index in [9.17, 15) is 5.11 Å². The van der Waals surface area contributed by atoms with Crippen molar-refractivity contribution in [2.24, 2.45) is 5.41 Å². The van der Waals surface area contributed by atoms with Gasteiger partial charge in [0.15, 0.2) is 5.82 Å². The summed E-state index contributed by atoms with van der Waals surface area (Å²) in [7, 11) is 0. The number of aromatic nitrogens is 3. The van der Waals surface area contributed by atoms with Crippen molar-refractivity contribution < 1.29 is 5.11 Å². The Morgan fingerprint density at radius 2 is 1.93 bits per heavy atom. The standard InChI is InChI=1S/C20H26Cl2N4O/c1-3-6-20(4-2)7-10-26(11-8-20)19-16(13-27)25-15(12-24-19)14-5-9-23-18(22)17(14)21/h5,9,12,27H,3-4,6-8,10-11,13H2,1-2H3. The molecule has 3 heterocycles. The molecule has 0 amide bonds. The minimum atomic E-state index is -0.170. The number of piperidine rings is 1. The first-order chi connectivity index (χ1) is 13.0. The Morgan fingerprint density at radius 3 is 2.56 bits per heavy atom. The molecular weight excluding hydrogens is 383 g/mol. The number of anilines is 1. The lowest BCUT2D eigenvalue weighted by Crippen LogP contribution is -2.40. The van der Waals surface area contributed by atoms with Crippen LogP contribution in [0.5, 0.6) is 0 Å². The maximum Gasteiger partial charge on any atom is 0.152 e. The van der Waals surface area contributed by atoms with E-state index in [-0.39, 0.29) is 11.8 Å². The molecule has 1 saturated heterocycles. The maximum absolute atomic E-state index is 9.88. The summed E-state index contributed by atoms with van der Waals surface area (Å²) in [5.74, 6) is 0.763. The SMILES string of the molecule is CCCC1(CC)CCN(c2ncc(-c3ccnc(Cl)c3Cl)nc2CO)CC1. The number of hydrogen-bond donors (Lipinski definition) is 1. The molecule has 2 aromatic rings. The Labute approximate surface area is 170 Å². The van der Waals surface area contributed by atoms with E-state index >= 15 is 0 Å². The predicted octanol–water partition coefficient (Wildman–Crippen LogP) is 5.13. The zero-order valence-electron chi connectivity index (χ0n) is 15.9. The fourth-order valence-electron chi connectivity index (χ4n) is 4.04. The summed E-state index contributed by atoms with van der Waals surface area (Å²) in [5, 5.41) is 10.4. The third-order valence-corrected chi connectivity index (χ3v) is 6.51. The van der Waals surface area contributed by atoms with Gasteiger partial charge in [0.1, 0.15) is 10.8 Å². The van der Waals surface area contributed by atoms with E-state index in [1.54, 1.807) is 18.5 Å². The lowest BCUT2D eigenvalue weighted by atomic mass is 9.73. The van der Waals surface area contributed by atoms with Crippen LogP contribution in [0.15, 0.2) is 18.5 Å². The van der Waals surface area contributed by atoms with Crippen LogP contribution in [0.1, 0.15) is 51.6 Å². The molecule has 27 heavy (non-hydrogen) atoms. The summed E-state index contributed by atoms with van der Waals surface area (Å²) in [6.45, 7) is 6.27. The van der Waals surface area contributed by atoms with Gasteiger partial charge in [-0.05, 0) is 30.7 Å². The second-order valence-corrected chi connectivity index (χ2v) is 7.97. The van der Waals surface area contributed by atoms with E-state index in [1.165, 1.54) is 19.3 Å². The average Bonchev–Trinajstić information content (AvgIpc) is 2.70. The lowest BCUT2D eigenvalue weighted by molar-refractivity contribution is 0.187. The largest absolute Gasteiger partial charge is 0.390 e. The van der Waals surface area contributed by atoms with E-state index in [0.717, 1.165) is 31.7 Å². The van der Waals surface area contributed by atoms with Crippen molar-refractivity contribution in [1.82, 2.24) is 15.0 Å². The molecular formula is C20H26Cl2N4O. The number of aliphatic hydroxyl groups is 1. The van der Waals surface area contributed by atoms with Crippen molar-refractivity contribution in [3.8, 4) is 11.3 Å². The van der Waals surface area contributed by atoms with E-state index < -0.39 is 0 Å². The van der Waals surface area contributed by atoms with Crippen LogP contribution >= 0.6 is 23.2 Å². The average molecular weight is 409 g/mol. The summed E-state index contributed by atoms with van der Waals surface area (Å²) in [5.41, 5.74) is 2.26. The number of aliphatic hydroxyl groups excluding tert-OH is 1. The quantitative estimate of drug-likeness (QED) is 0.670. The van der Waals surface area contributed by atoms with Crippen molar-refractivity contribution in [1.29, 1.82) is 0 Å². The number of pyridine rings is 1. The molecule has 0 atom stereocenters. The maximum atomic E-state index is 9.88. The first-order valence-corrected chi connectivity index (χ1v) is 10.3. The minimum Gasteiger partial charge on any atom is -0.390 e. The smallest absolute Gasteiger partial charge is 0.152 e. The van der Waals surface area contributed by atoms with E-state index in [2.05, 4.69) is 33.7 Å². The Morgan fingerprint density at radius 1 is 1.19 bits per heavy atom. The molecule has 2 aromatic heterocycles. The molecule has 0 aromatic carbocycles. The van der Waals surface area contributed by atoms with E-state index in [0.29, 0.717) is 27.4 Å². The summed E-state index contributed by atoms with van der Waals surface area (Å²) < 4.78 is 0. The molecule has 1 fully saturated rings. The fraction of sp³-hybridized carbons (Fsp3) is 0.550. The molecule has 7 heteroatoms. The van der Waals surface area contributed by atoms with Gasteiger partial charge in [-0.25, -0.2) is 15.0 Å². The lowest BCUT2D eigenvalue weighted by Gasteiger charge is -2.42. The third-order valence-electron chi connectivity index (χ3n) is 5.75. The summed E-state index contributed by atoms with van der Waals surface area (Å²) in [6.07, 6.45) is 9.29. The Kier molecular flexibility index (Phi) is 6.56. The van der Waals surface area contributed by atoms with Gasteiger partial charge in [0.2, 0.25) is 0 Å². The van der Waals surface area contributed by atoms with Gasteiger partial charge in [0.05, 0.1) is 23.5 Å². The second kappa shape index (κ2) is 8.72. The molecule has 0 bridgehead atoms. The Balaban J connectivity index is 1.85. The Hall–Kier alpha value is -1.43. The highest BCUT2D eigenvalue weighted by Crippen LogP contribution is 2.40. The zero-order valence-corrected chi connectivity index (χ0v) is 17.4. The molecule has 0 spiro atoms. The highest BCUT2D eigenvalue weighted by atomic mass is 35.5. The highest BCUT2D eigenvalue weighted by Gasteiger charge is 2.33. The first-order valence-electron chi connectivity index (χ1n) is 9.55. The monoisotopic (exact) mass is 408 g/mol. The molecule has 1 N–H and O–H groups in total. The van der Waals surface area contributed by atoms with Gasteiger partial charge in [0.25, 0.3) is 0 Å². The van der Waals surface area contributed by atoms with Crippen LogP contribution in [0.4, 0.5) is 5.82 Å².